The highest BCUT2D eigenvalue weighted by molar-refractivity contribution is 5.50. The van der Waals surface area contributed by atoms with Crippen LogP contribution in [0, 0.1) is 0 Å². The Labute approximate surface area is 113 Å². The van der Waals surface area contributed by atoms with Crippen molar-refractivity contribution >= 4 is 5.69 Å². The lowest BCUT2D eigenvalue weighted by molar-refractivity contribution is 0.291. The molecule has 1 aromatic heterocycles. The number of para-hydroxylation sites is 1. The van der Waals surface area contributed by atoms with Crippen molar-refractivity contribution in [3.63, 3.8) is 0 Å². The van der Waals surface area contributed by atoms with E-state index >= 15 is 0 Å². The average molecular weight is 254 g/mol. The molecule has 3 nitrogen and oxygen atoms in total. The fourth-order valence-corrected chi connectivity index (χ4v) is 2.27. The summed E-state index contributed by atoms with van der Waals surface area (Å²) in [5.41, 5.74) is 3.51. The zero-order valence-corrected chi connectivity index (χ0v) is 11.1. The average Bonchev–Trinajstić information content (AvgIpc) is 3.30. The van der Waals surface area contributed by atoms with Crippen LogP contribution in [0.3, 0.4) is 0 Å². The third-order valence-electron chi connectivity index (χ3n) is 3.47. The van der Waals surface area contributed by atoms with Crippen molar-refractivity contribution in [1.29, 1.82) is 0 Å². The van der Waals surface area contributed by atoms with Gasteiger partial charge in [0.15, 0.2) is 0 Å². The minimum absolute atomic E-state index is 0.549. The van der Waals surface area contributed by atoms with E-state index in [1.165, 1.54) is 18.4 Å². The number of benzene rings is 1. The first-order chi connectivity index (χ1) is 9.38. The molecule has 0 saturated heterocycles. The van der Waals surface area contributed by atoms with Crippen molar-refractivity contribution in [3.8, 4) is 5.88 Å². The van der Waals surface area contributed by atoms with Crippen LogP contribution in [0.15, 0.2) is 42.6 Å². The highest BCUT2D eigenvalue weighted by Gasteiger charge is 2.27. The molecule has 0 amide bonds. The van der Waals surface area contributed by atoms with Gasteiger partial charge in [0.1, 0.15) is 6.61 Å². The first-order valence-electron chi connectivity index (χ1n) is 6.72. The van der Waals surface area contributed by atoms with Gasteiger partial charge in [-0.1, -0.05) is 24.3 Å². The Morgan fingerprint density at radius 1 is 1.21 bits per heavy atom. The first kappa shape index (κ1) is 12.0. The second-order valence-corrected chi connectivity index (χ2v) is 4.87. The summed E-state index contributed by atoms with van der Waals surface area (Å²) in [6.45, 7) is 0.549. The third kappa shape index (κ3) is 2.70. The zero-order valence-electron chi connectivity index (χ0n) is 11.1. The van der Waals surface area contributed by atoms with E-state index in [2.05, 4.69) is 28.5 Å². The Bertz CT molecular complexity index is 564. The maximum atomic E-state index is 5.92. The number of rotatable bonds is 5. The maximum Gasteiger partial charge on any atom is 0.217 e. The number of hydrogen-bond donors (Lipinski definition) is 1. The van der Waals surface area contributed by atoms with Crippen LogP contribution in [0.25, 0.3) is 0 Å². The smallest absolute Gasteiger partial charge is 0.217 e. The van der Waals surface area contributed by atoms with Crippen LogP contribution in [-0.2, 0) is 6.61 Å². The minimum atomic E-state index is 0.549. The molecule has 1 aromatic carbocycles. The van der Waals surface area contributed by atoms with E-state index in [9.17, 15) is 0 Å². The van der Waals surface area contributed by atoms with Crippen molar-refractivity contribution in [2.24, 2.45) is 0 Å². The quantitative estimate of drug-likeness (QED) is 0.885. The third-order valence-corrected chi connectivity index (χ3v) is 3.47. The summed E-state index contributed by atoms with van der Waals surface area (Å²) in [5.74, 6) is 1.44. The van der Waals surface area contributed by atoms with Gasteiger partial charge in [-0.05, 0) is 30.9 Å². The lowest BCUT2D eigenvalue weighted by atomic mass is 10.1. The summed E-state index contributed by atoms with van der Waals surface area (Å²) in [4.78, 5) is 4.37. The number of pyridine rings is 1. The Kier molecular flexibility index (Phi) is 3.36. The molecule has 0 unspecified atom stereocenters. The van der Waals surface area contributed by atoms with Crippen LogP contribution in [0.1, 0.15) is 29.9 Å². The van der Waals surface area contributed by atoms with E-state index < -0.39 is 0 Å². The van der Waals surface area contributed by atoms with Gasteiger partial charge in [0.05, 0.1) is 0 Å². The van der Waals surface area contributed by atoms with Crippen molar-refractivity contribution in [2.45, 2.75) is 25.4 Å². The number of ether oxygens (including phenoxy) is 1. The Morgan fingerprint density at radius 3 is 2.84 bits per heavy atom. The summed E-state index contributed by atoms with van der Waals surface area (Å²) in [6, 6.07) is 12.3. The predicted octanol–water partition coefficient (Wildman–Crippen LogP) is 3.58. The molecular formula is C16H18N2O. The van der Waals surface area contributed by atoms with Crippen LogP contribution < -0.4 is 10.1 Å². The van der Waals surface area contributed by atoms with E-state index in [0.717, 1.165) is 17.1 Å². The minimum Gasteiger partial charge on any atom is -0.473 e. The molecule has 1 aliphatic carbocycles. The number of anilines is 1. The van der Waals surface area contributed by atoms with Gasteiger partial charge in [-0.2, -0.15) is 0 Å². The molecule has 1 saturated carbocycles. The molecule has 0 radical (unpaired) electrons. The van der Waals surface area contributed by atoms with Crippen molar-refractivity contribution in [1.82, 2.24) is 4.98 Å². The van der Waals surface area contributed by atoms with Crippen LogP contribution >= 0.6 is 0 Å². The van der Waals surface area contributed by atoms with E-state index in [1.54, 1.807) is 6.20 Å². The number of hydrogen-bond acceptors (Lipinski definition) is 3. The molecule has 0 spiro atoms. The molecule has 0 aliphatic heterocycles. The van der Waals surface area contributed by atoms with E-state index in [0.29, 0.717) is 12.5 Å². The Hall–Kier alpha value is -2.03. The number of aromatic nitrogens is 1. The monoisotopic (exact) mass is 254 g/mol. The van der Waals surface area contributed by atoms with Gasteiger partial charge in [0, 0.05) is 30.1 Å². The standard InChI is InChI=1S/C16H18N2O/c1-17-15-7-3-2-5-13(15)11-19-16-14(12-8-9-12)6-4-10-18-16/h2-7,10,12,17H,8-9,11H2,1H3. The normalized spacial score (nSPS) is 14.2. The maximum absolute atomic E-state index is 5.92. The van der Waals surface area contributed by atoms with Crippen LogP contribution in [-0.4, -0.2) is 12.0 Å². The van der Waals surface area contributed by atoms with Gasteiger partial charge in [-0.3, -0.25) is 0 Å². The van der Waals surface area contributed by atoms with Gasteiger partial charge in [0.2, 0.25) is 5.88 Å². The summed E-state index contributed by atoms with van der Waals surface area (Å²) >= 11 is 0. The number of nitrogens with zero attached hydrogens (tertiary/aromatic N) is 1. The number of nitrogens with one attached hydrogen (secondary N) is 1. The van der Waals surface area contributed by atoms with E-state index in [1.807, 2.05) is 25.2 Å². The molecule has 0 bridgehead atoms. The second kappa shape index (κ2) is 5.31. The molecule has 19 heavy (non-hydrogen) atoms. The molecule has 0 atom stereocenters. The topological polar surface area (TPSA) is 34.1 Å². The molecule has 1 heterocycles. The molecule has 98 valence electrons. The highest BCUT2D eigenvalue weighted by atomic mass is 16.5. The molecule has 1 aliphatic rings. The highest BCUT2D eigenvalue weighted by Crippen LogP contribution is 2.43. The van der Waals surface area contributed by atoms with Crippen molar-refractivity contribution in [3.05, 3.63) is 53.7 Å². The fraction of sp³-hybridized carbons (Fsp3) is 0.312. The summed E-state index contributed by atoms with van der Waals surface area (Å²) in [5, 5.41) is 3.18. The Morgan fingerprint density at radius 2 is 2.05 bits per heavy atom. The lowest BCUT2D eigenvalue weighted by Crippen LogP contribution is -2.03. The molecular weight excluding hydrogens is 236 g/mol. The zero-order chi connectivity index (χ0) is 13.1. The van der Waals surface area contributed by atoms with Crippen LogP contribution in [0.5, 0.6) is 5.88 Å². The molecule has 1 fully saturated rings. The van der Waals surface area contributed by atoms with Gasteiger partial charge in [-0.25, -0.2) is 4.98 Å². The van der Waals surface area contributed by atoms with Crippen LogP contribution in [0.4, 0.5) is 5.69 Å². The molecule has 2 aromatic rings. The van der Waals surface area contributed by atoms with Crippen LogP contribution in [0.2, 0.25) is 0 Å². The van der Waals surface area contributed by atoms with Crippen molar-refractivity contribution in [2.75, 3.05) is 12.4 Å². The summed E-state index contributed by atoms with van der Waals surface area (Å²) in [6.07, 6.45) is 4.31. The van der Waals surface area contributed by atoms with Gasteiger partial charge >= 0.3 is 0 Å². The fourth-order valence-electron chi connectivity index (χ4n) is 2.27. The second-order valence-electron chi connectivity index (χ2n) is 4.87. The SMILES string of the molecule is CNc1ccccc1COc1ncccc1C1CC1. The predicted molar refractivity (Wildman–Crippen MR) is 76.5 cm³/mol. The molecule has 1 N–H and O–H groups in total. The van der Waals surface area contributed by atoms with E-state index in [4.69, 9.17) is 4.74 Å². The molecule has 3 heteroatoms. The summed E-state index contributed by atoms with van der Waals surface area (Å²) in [7, 11) is 1.93. The summed E-state index contributed by atoms with van der Waals surface area (Å²) < 4.78 is 5.92. The Balaban J connectivity index is 1.75. The van der Waals surface area contributed by atoms with Gasteiger partial charge < -0.3 is 10.1 Å². The lowest BCUT2D eigenvalue weighted by Gasteiger charge is -2.12. The van der Waals surface area contributed by atoms with Gasteiger partial charge in [-0.15, -0.1) is 0 Å². The first-order valence-corrected chi connectivity index (χ1v) is 6.72. The molecule has 3 rings (SSSR count). The van der Waals surface area contributed by atoms with E-state index in [-0.39, 0.29) is 0 Å². The largest absolute Gasteiger partial charge is 0.473 e. The van der Waals surface area contributed by atoms with Gasteiger partial charge in [0.25, 0.3) is 0 Å². The van der Waals surface area contributed by atoms with Crippen molar-refractivity contribution < 1.29 is 4.74 Å².